The van der Waals surface area contributed by atoms with Gasteiger partial charge in [0.25, 0.3) is 0 Å². The normalized spacial score (nSPS) is 24.5. The molecule has 1 aliphatic heterocycles. The summed E-state index contributed by atoms with van der Waals surface area (Å²) in [5.74, 6) is 0.375. The first-order valence-corrected chi connectivity index (χ1v) is 6.66. The molecule has 17 heavy (non-hydrogen) atoms. The number of nitrogens with two attached hydrogens (primary N) is 1. The van der Waals surface area contributed by atoms with Crippen molar-refractivity contribution in [2.75, 3.05) is 19.8 Å². The molecule has 1 saturated heterocycles. The smallest absolute Gasteiger partial charge is 0.225 e. The number of rotatable bonds is 5. The van der Waals surface area contributed by atoms with Crippen LogP contribution in [0.5, 0.6) is 0 Å². The van der Waals surface area contributed by atoms with Crippen LogP contribution in [0.25, 0.3) is 0 Å². The van der Waals surface area contributed by atoms with E-state index in [2.05, 4.69) is 0 Å². The second-order valence-electron chi connectivity index (χ2n) is 5.26. The Labute approximate surface area is 104 Å². The lowest BCUT2D eigenvalue weighted by Crippen LogP contribution is -2.49. The molecular formula is C13H26N2O2. The van der Waals surface area contributed by atoms with Crippen LogP contribution in [0.15, 0.2) is 0 Å². The summed E-state index contributed by atoms with van der Waals surface area (Å²) in [5, 5.41) is 0. The Kier molecular flexibility index (Phi) is 5.92. The molecule has 0 bridgehead atoms. The van der Waals surface area contributed by atoms with Crippen LogP contribution in [0.2, 0.25) is 0 Å². The van der Waals surface area contributed by atoms with Gasteiger partial charge in [-0.1, -0.05) is 13.3 Å². The van der Waals surface area contributed by atoms with Crippen LogP contribution in [0.1, 0.15) is 40.0 Å². The molecule has 3 atom stereocenters. The largest absolute Gasteiger partial charge is 0.377 e. The molecule has 0 spiro atoms. The van der Waals surface area contributed by atoms with Crippen molar-refractivity contribution in [2.45, 2.75) is 52.1 Å². The number of amides is 1. The number of hydrogen-bond acceptors (Lipinski definition) is 3. The third kappa shape index (κ3) is 4.64. The summed E-state index contributed by atoms with van der Waals surface area (Å²) in [7, 11) is 0. The summed E-state index contributed by atoms with van der Waals surface area (Å²) in [4.78, 5) is 14.2. The van der Waals surface area contributed by atoms with Crippen molar-refractivity contribution in [3.05, 3.63) is 0 Å². The number of ether oxygens (including phenoxy) is 1. The van der Waals surface area contributed by atoms with Crippen molar-refractivity contribution in [3.8, 4) is 0 Å². The molecule has 0 radical (unpaired) electrons. The summed E-state index contributed by atoms with van der Waals surface area (Å²) in [6, 6.07) is 0.451. The molecule has 4 nitrogen and oxygen atoms in total. The van der Waals surface area contributed by atoms with Gasteiger partial charge in [-0.25, -0.2) is 0 Å². The van der Waals surface area contributed by atoms with Gasteiger partial charge in [0.05, 0.1) is 19.3 Å². The fourth-order valence-corrected chi connectivity index (χ4v) is 2.21. The Hall–Kier alpha value is -0.610. The molecule has 0 aromatic carbocycles. The maximum Gasteiger partial charge on any atom is 0.225 e. The Morgan fingerprint density at radius 1 is 1.47 bits per heavy atom. The molecule has 1 fully saturated rings. The molecule has 2 N–H and O–H groups in total. The van der Waals surface area contributed by atoms with Gasteiger partial charge in [0.15, 0.2) is 0 Å². The monoisotopic (exact) mass is 242 g/mol. The Balaban J connectivity index is 2.34. The number of nitrogens with zero attached hydrogens (tertiary/aromatic N) is 1. The fraction of sp³-hybridized carbons (Fsp3) is 0.923. The molecule has 1 aliphatic rings. The third-order valence-electron chi connectivity index (χ3n) is 3.37. The molecule has 1 amide bonds. The van der Waals surface area contributed by atoms with E-state index in [9.17, 15) is 4.79 Å². The zero-order valence-electron chi connectivity index (χ0n) is 11.3. The lowest BCUT2D eigenvalue weighted by atomic mass is 10.00. The Morgan fingerprint density at radius 2 is 2.18 bits per heavy atom. The van der Waals surface area contributed by atoms with Crippen LogP contribution in [0, 0.1) is 5.92 Å². The maximum atomic E-state index is 12.2. The Bertz CT molecular complexity index is 244. The van der Waals surface area contributed by atoms with Crippen LogP contribution >= 0.6 is 0 Å². The van der Waals surface area contributed by atoms with Gasteiger partial charge < -0.3 is 15.4 Å². The standard InChI is InChI=1S/C13H26N2O2/c1-10(5-4-6-11(2)14)13(16)15-7-8-17-9-12(15)3/h10-12H,4-9,14H2,1-3H3/t10?,11?,12-/m1/s1. The van der Waals surface area contributed by atoms with Crippen LogP contribution in [-0.4, -0.2) is 42.6 Å². The van der Waals surface area contributed by atoms with Crippen LogP contribution in [0.4, 0.5) is 0 Å². The summed E-state index contributed by atoms with van der Waals surface area (Å²) in [5.41, 5.74) is 5.71. The molecule has 1 heterocycles. The van der Waals surface area contributed by atoms with E-state index in [1.807, 2.05) is 25.7 Å². The number of morpholine rings is 1. The molecule has 1 rings (SSSR count). The minimum Gasteiger partial charge on any atom is -0.377 e. The first kappa shape index (κ1) is 14.5. The highest BCUT2D eigenvalue weighted by atomic mass is 16.5. The van der Waals surface area contributed by atoms with Crippen LogP contribution < -0.4 is 5.73 Å². The van der Waals surface area contributed by atoms with E-state index in [4.69, 9.17) is 10.5 Å². The van der Waals surface area contributed by atoms with E-state index in [1.54, 1.807) is 0 Å². The minimum atomic E-state index is 0.106. The van der Waals surface area contributed by atoms with Crippen molar-refractivity contribution in [1.29, 1.82) is 0 Å². The zero-order chi connectivity index (χ0) is 12.8. The lowest BCUT2D eigenvalue weighted by Gasteiger charge is -2.35. The topological polar surface area (TPSA) is 55.6 Å². The van der Waals surface area contributed by atoms with E-state index in [0.29, 0.717) is 13.2 Å². The summed E-state index contributed by atoms with van der Waals surface area (Å²) in [6.07, 6.45) is 2.96. The van der Waals surface area contributed by atoms with Gasteiger partial charge in [0.1, 0.15) is 0 Å². The molecule has 2 unspecified atom stereocenters. The SMILES string of the molecule is CC(N)CCCC(C)C(=O)N1CCOC[C@H]1C. The molecule has 4 heteroatoms. The number of hydrogen-bond donors (Lipinski definition) is 1. The van der Waals surface area contributed by atoms with Gasteiger partial charge in [-0.3, -0.25) is 4.79 Å². The van der Waals surface area contributed by atoms with Crippen molar-refractivity contribution in [3.63, 3.8) is 0 Å². The highest BCUT2D eigenvalue weighted by molar-refractivity contribution is 5.78. The average Bonchev–Trinajstić information content (AvgIpc) is 2.28. The van der Waals surface area contributed by atoms with E-state index < -0.39 is 0 Å². The summed E-state index contributed by atoms with van der Waals surface area (Å²) >= 11 is 0. The molecule has 0 aliphatic carbocycles. The molecule has 0 aromatic heterocycles. The van der Waals surface area contributed by atoms with Crippen LogP contribution in [0.3, 0.4) is 0 Å². The van der Waals surface area contributed by atoms with Gasteiger partial charge in [-0.05, 0) is 26.7 Å². The van der Waals surface area contributed by atoms with E-state index in [1.165, 1.54) is 0 Å². The number of carbonyl (C=O) groups excluding carboxylic acids is 1. The average molecular weight is 242 g/mol. The highest BCUT2D eigenvalue weighted by Gasteiger charge is 2.26. The first-order chi connectivity index (χ1) is 8.02. The zero-order valence-corrected chi connectivity index (χ0v) is 11.3. The Morgan fingerprint density at radius 3 is 2.76 bits per heavy atom. The maximum absolute atomic E-state index is 12.2. The minimum absolute atomic E-state index is 0.106. The van der Waals surface area contributed by atoms with Crippen molar-refractivity contribution in [2.24, 2.45) is 11.7 Å². The van der Waals surface area contributed by atoms with E-state index in [0.717, 1.165) is 25.8 Å². The number of carbonyl (C=O) groups is 1. The molecule has 0 saturated carbocycles. The molecular weight excluding hydrogens is 216 g/mol. The fourth-order valence-electron chi connectivity index (χ4n) is 2.21. The van der Waals surface area contributed by atoms with E-state index >= 15 is 0 Å². The van der Waals surface area contributed by atoms with Gasteiger partial charge >= 0.3 is 0 Å². The second-order valence-corrected chi connectivity index (χ2v) is 5.26. The molecule has 0 aromatic rings. The third-order valence-corrected chi connectivity index (χ3v) is 3.37. The summed E-state index contributed by atoms with van der Waals surface area (Å²) < 4.78 is 5.34. The quantitative estimate of drug-likeness (QED) is 0.792. The predicted octanol–water partition coefficient (Wildman–Crippen LogP) is 1.39. The van der Waals surface area contributed by atoms with E-state index in [-0.39, 0.29) is 23.9 Å². The first-order valence-electron chi connectivity index (χ1n) is 6.66. The lowest BCUT2D eigenvalue weighted by molar-refractivity contribution is -0.143. The van der Waals surface area contributed by atoms with Gasteiger partial charge in [-0.15, -0.1) is 0 Å². The van der Waals surface area contributed by atoms with Crippen LogP contribution in [-0.2, 0) is 9.53 Å². The van der Waals surface area contributed by atoms with Crippen molar-refractivity contribution in [1.82, 2.24) is 4.90 Å². The molecule has 100 valence electrons. The second kappa shape index (κ2) is 6.97. The predicted molar refractivity (Wildman–Crippen MR) is 68.7 cm³/mol. The van der Waals surface area contributed by atoms with Crippen molar-refractivity contribution >= 4 is 5.91 Å². The van der Waals surface area contributed by atoms with Crippen molar-refractivity contribution < 1.29 is 9.53 Å². The van der Waals surface area contributed by atoms with Gasteiger partial charge in [0.2, 0.25) is 5.91 Å². The van der Waals surface area contributed by atoms with Gasteiger partial charge in [0, 0.05) is 18.5 Å². The van der Waals surface area contributed by atoms with Gasteiger partial charge in [-0.2, -0.15) is 0 Å². The summed E-state index contributed by atoms with van der Waals surface area (Å²) in [6.45, 7) is 8.15. The highest BCUT2D eigenvalue weighted by Crippen LogP contribution is 2.16.